The molecule has 1 rings (SSSR count). The van der Waals surface area contributed by atoms with Gasteiger partial charge in [0.15, 0.2) is 5.78 Å². The van der Waals surface area contributed by atoms with Crippen molar-refractivity contribution < 1.29 is 23.9 Å². The predicted octanol–water partition coefficient (Wildman–Crippen LogP) is 3.02. The van der Waals surface area contributed by atoms with Crippen molar-refractivity contribution in [1.29, 1.82) is 0 Å². The second-order valence-corrected chi connectivity index (χ2v) is 6.55. The highest BCUT2D eigenvalue weighted by Gasteiger charge is 2.25. The van der Waals surface area contributed by atoms with Crippen LogP contribution in [0.25, 0.3) is 0 Å². The van der Waals surface area contributed by atoms with E-state index in [0.717, 1.165) is 5.56 Å². The van der Waals surface area contributed by atoms with E-state index in [-0.39, 0.29) is 18.6 Å². The lowest BCUT2D eigenvalue weighted by molar-refractivity contribution is -0.143. The van der Waals surface area contributed by atoms with Crippen LogP contribution in [-0.2, 0) is 14.3 Å². The van der Waals surface area contributed by atoms with Crippen molar-refractivity contribution in [2.75, 3.05) is 7.11 Å². The van der Waals surface area contributed by atoms with Gasteiger partial charge in [0.1, 0.15) is 11.6 Å². The van der Waals surface area contributed by atoms with Gasteiger partial charge < -0.3 is 14.8 Å². The van der Waals surface area contributed by atoms with Crippen molar-refractivity contribution in [3.05, 3.63) is 35.4 Å². The summed E-state index contributed by atoms with van der Waals surface area (Å²) in [7, 11) is 1.23. The number of nitrogens with one attached hydrogen (secondary N) is 1. The van der Waals surface area contributed by atoms with Crippen LogP contribution in [0.5, 0.6) is 0 Å². The molecule has 0 saturated carbocycles. The zero-order valence-corrected chi connectivity index (χ0v) is 14.8. The lowest BCUT2D eigenvalue weighted by atomic mass is 10.0. The molecule has 0 fully saturated rings. The molecule has 0 aromatic heterocycles. The van der Waals surface area contributed by atoms with E-state index in [1.165, 1.54) is 7.11 Å². The molecule has 0 unspecified atom stereocenters. The summed E-state index contributed by atoms with van der Waals surface area (Å²) in [6.07, 6.45) is -0.474. The van der Waals surface area contributed by atoms with Gasteiger partial charge >= 0.3 is 12.1 Å². The van der Waals surface area contributed by atoms with E-state index in [4.69, 9.17) is 4.74 Å². The first kappa shape index (κ1) is 19.7. The Bertz CT molecular complexity index is 604. The zero-order chi connectivity index (χ0) is 18.3. The van der Waals surface area contributed by atoms with E-state index in [0.29, 0.717) is 5.56 Å². The fourth-order valence-corrected chi connectivity index (χ4v) is 2.08. The van der Waals surface area contributed by atoms with Gasteiger partial charge in [-0.25, -0.2) is 9.59 Å². The van der Waals surface area contributed by atoms with Gasteiger partial charge in [0.25, 0.3) is 0 Å². The Labute approximate surface area is 142 Å². The quantitative estimate of drug-likeness (QED) is 0.638. The SMILES string of the molecule is COC(=O)[C@@H](CCC(=O)c1cccc(C)c1)NC(=O)OC(C)(C)C. The van der Waals surface area contributed by atoms with Crippen molar-refractivity contribution in [3.63, 3.8) is 0 Å². The number of methoxy groups -OCH3 is 1. The minimum absolute atomic E-state index is 0.0985. The van der Waals surface area contributed by atoms with Crippen LogP contribution >= 0.6 is 0 Å². The van der Waals surface area contributed by atoms with Crippen LogP contribution in [0, 0.1) is 6.92 Å². The van der Waals surface area contributed by atoms with Crippen molar-refractivity contribution in [1.82, 2.24) is 5.32 Å². The van der Waals surface area contributed by atoms with Gasteiger partial charge in [-0.3, -0.25) is 4.79 Å². The number of ketones is 1. The molecule has 24 heavy (non-hydrogen) atoms. The highest BCUT2D eigenvalue weighted by Crippen LogP contribution is 2.12. The van der Waals surface area contributed by atoms with Crippen LogP contribution in [0.15, 0.2) is 24.3 Å². The summed E-state index contributed by atoms with van der Waals surface area (Å²) in [5, 5.41) is 2.45. The molecule has 0 aliphatic carbocycles. The molecule has 0 aliphatic heterocycles. The molecule has 1 atom stereocenters. The van der Waals surface area contributed by atoms with E-state index in [1.807, 2.05) is 13.0 Å². The number of hydrogen-bond donors (Lipinski definition) is 1. The Kier molecular flexibility index (Phi) is 6.95. The number of Topliss-reactive ketones (excluding diaryl/α,β-unsaturated/α-hetero) is 1. The van der Waals surface area contributed by atoms with Gasteiger partial charge in [-0.15, -0.1) is 0 Å². The van der Waals surface area contributed by atoms with Crippen molar-refractivity contribution in [3.8, 4) is 0 Å². The monoisotopic (exact) mass is 335 g/mol. The first-order chi connectivity index (χ1) is 11.1. The topological polar surface area (TPSA) is 81.7 Å². The fourth-order valence-electron chi connectivity index (χ4n) is 2.08. The smallest absolute Gasteiger partial charge is 0.408 e. The molecule has 1 amide bonds. The van der Waals surface area contributed by atoms with Gasteiger partial charge in [0.2, 0.25) is 0 Å². The van der Waals surface area contributed by atoms with E-state index in [1.54, 1.807) is 39.0 Å². The molecule has 6 nitrogen and oxygen atoms in total. The largest absolute Gasteiger partial charge is 0.467 e. The average molecular weight is 335 g/mol. The summed E-state index contributed by atoms with van der Waals surface area (Å²) >= 11 is 0. The standard InChI is InChI=1S/C18H25NO5/c1-12-7-6-8-13(11-12)15(20)10-9-14(16(21)23-5)19-17(22)24-18(2,3)4/h6-8,11,14H,9-10H2,1-5H3,(H,19,22)/t14-/m1/s1. The van der Waals surface area contributed by atoms with Gasteiger partial charge in [-0.1, -0.05) is 23.8 Å². The summed E-state index contributed by atoms with van der Waals surface area (Å²) in [6.45, 7) is 7.07. The maximum atomic E-state index is 12.2. The third-order valence-corrected chi connectivity index (χ3v) is 3.18. The number of carbonyl (C=O) groups is 3. The Morgan fingerprint density at radius 1 is 1.21 bits per heavy atom. The molecule has 0 spiro atoms. The number of hydrogen-bond acceptors (Lipinski definition) is 5. The van der Waals surface area contributed by atoms with Crippen LogP contribution < -0.4 is 5.32 Å². The number of esters is 1. The number of carbonyl (C=O) groups excluding carboxylic acids is 3. The first-order valence-corrected chi connectivity index (χ1v) is 7.79. The van der Waals surface area contributed by atoms with Crippen LogP contribution in [0.1, 0.15) is 49.5 Å². The second kappa shape index (κ2) is 8.47. The molecule has 1 aromatic rings. The third-order valence-electron chi connectivity index (χ3n) is 3.18. The Hall–Kier alpha value is -2.37. The molecule has 0 bridgehead atoms. The molecular weight excluding hydrogens is 310 g/mol. The number of aryl methyl sites for hydroxylation is 1. The number of ether oxygens (including phenoxy) is 2. The molecule has 6 heteroatoms. The van der Waals surface area contributed by atoms with Gasteiger partial charge in [0.05, 0.1) is 7.11 Å². The number of amides is 1. The fraction of sp³-hybridized carbons (Fsp3) is 0.500. The molecule has 0 radical (unpaired) electrons. The van der Waals surface area contributed by atoms with Gasteiger partial charge in [0, 0.05) is 12.0 Å². The third kappa shape index (κ3) is 6.81. The number of alkyl carbamates (subject to hydrolysis) is 1. The first-order valence-electron chi connectivity index (χ1n) is 7.79. The molecule has 0 heterocycles. The van der Waals surface area contributed by atoms with Crippen molar-refractivity contribution >= 4 is 17.8 Å². The lowest BCUT2D eigenvalue weighted by Crippen LogP contribution is -2.44. The maximum absolute atomic E-state index is 12.2. The number of rotatable bonds is 6. The highest BCUT2D eigenvalue weighted by molar-refractivity contribution is 5.96. The van der Waals surface area contributed by atoms with E-state index in [9.17, 15) is 14.4 Å². The average Bonchev–Trinajstić information content (AvgIpc) is 2.48. The van der Waals surface area contributed by atoms with Crippen LogP contribution in [0.2, 0.25) is 0 Å². The summed E-state index contributed by atoms with van der Waals surface area (Å²) in [4.78, 5) is 35.9. The zero-order valence-electron chi connectivity index (χ0n) is 14.8. The molecule has 0 saturated heterocycles. The van der Waals surface area contributed by atoms with Crippen molar-refractivity contribution in [2.45, 2.75) is 52.2 Å². The normalized spacial score (nSPS) is 12.2. The number of benzene rings is 1. The minimum Gasteiger partial charge on any atom is -0.467 e. The highest BCUT2D eigenvalue weighted by atomic mass is 16.6. The van der Waals surface area contributed by atoms with Crippen molar-refractivity contribution in [2.24, 2.45) is 0 Å². The van der Waals surface area contributed by atoms with E-state index in [2.05, 4.69) is 10.1 Å². The second-order valence-electron chi connectivity index (χ2n) is 6.55. The Morgan fingerprint density at radius 2 is 1.88 bits per heavy atom. The van der Waals surface area contributed by atoms with Crippen LogP contribution in [0.3, 0.4) is 0 Å². The van der Waals surface area contributed by atoms with E-state index >= 15 is 0 Å². The summed E-state index contributed by atoms with van der Waals surface area (Å²) in [5.41, 5.74) is 0.885. The van der Waals surface area contributed by atoms with Crippen LogP contribution in [0.4, 0.5) is 4.79 Å². The Morgan fingerprint density at radius 3 is 2.42 bits per heavy atom. The van der Waals surface area contributed by atoms with E-state index < -0.39 is 23.7 Å². The summed E-state index contributed by atoms with van der Waals surface area (Å²) in [6, 6.07) is 6.29. The predicted molar refractivity (Wildman–Crippen MR) is 89.9 cm³/mol. The van der Waals surface area contributed by atoms with Crippen LogP contribution in [-0.4, -0.2) is 36.6 Å². The van der Waals surface area contributed by atoms with Gasteiger partial charge in [-0.2, -0.15) is 0 Å². The molecule has 0 aliphatic rings. The maximum Gasteiger partial charge on any atom is 0.408 e. The molecule has 132 valence electrons. The summed E-state index contributed by atoms with van der Waals surface area (Å²) < 4.78 is 9.81. The van der Waals surface area contributed by atoms with Gasteiger partial charge in [-0.05, 0) is 40.2 Å². The minimum atomic E-state index is -0.932. The lowest BCUT2D eigenvalue weighted by Gasteiger charge is -2.22. The Balaban J connectivity index is 2.68. The summed E-state index contributed by atoms with van der Waals surface area (Å²) in [5.74, 6) is -0.712. The molecule has 1 N–H and O–H groups in total. The molecule has 1 aromatic carbocycles. The molecular formula is C18H25NO5.